The molecule has 0 heterocycles. The molecule has 0 spiro atoms. The third-order valence-electron chi connectivity index (χ3n) is 4.45. The summed E-state index contributed by atoms with van der Waals surface area (Å²) in [6.07, 6.45) is 2.45. The molecule has 0 saturated heterocycles. The van der Waals surface area contributed by atoms with Crippen molar-refractivity contribution < 1.29 is 19.0 Å². The molecule has 7 heteroatoms. The Labute approximate surface area is 196 Å². The van der Waals surface area contributed by atoms with E-state index in [0.29, 0.717) is 23.9 Å². The van der Waals surface area contributed by atoms with Gasteiger partial charge in [-0.3, -0.25) is 4.79 Å². The van der Waals surface area contributed by atoms with Crippen LogP contribution in [-0.2, 0) is 4.79 Å². The van der Waals surface area contributed by atoms with Gasteiger partial charge in [0.2, 0.25) is 0 Å². The maximum Gasteiger partial charge on any atom is 0.277 e. The molecule has 166 valence electrons. The molecule has 0 aliphatic rings. The number of benzene rings is 3. The predicted molar refractivity (Wildman–Crippen MR) is 130 cm³/mol. The standard InChI is InChI=1S/C25H25BrN2O4/c1-3-13-31-23-11-9-18(14-24(23)30-2)16-27-28-25(29)17-32-22-12-10-20(15-21(22)26)19-7-5-4-6-8-19/h4-12,14-16H,3,13,17H2,1-2H3,(H,28,29)/b27-16+. The fourth-order valence-electron chi connectivity index (χ4n) is 2.88. The molecule has 0 fully saturated rings. The Morgan fingerprint density at radius 2 is 1.75 bits per heavy atom. The highest BCUT2D eigenvalue weighted by Crippen LogP contribution is 2.31. The van der Waals surface area contributed by atoms with E-state index in [-0.39, 0.29) is 12.5 Å². The van der Waals surface area contributed by atoms with Crippen molar-refractivity contribution in [1.82, 2.24) is 5.43 Å². The highest BCUT2D eigenvalue weighted by Gasteiger charge is 2.08. The number of nitrogens with one attached hydrogen (secondary N) is 1. The lowest BCUT2D eigenvalue weighted by molar-refractivity contribution is -0.123. The van der Waals surface area contributed by atoms with Crippen molar-refractivity contribution in [2.75, 3.05) is 20.3 Å². The molecule has 0 saturated carbocycles. The number of nitrogens with zero attached hydrogens (tertiary/aromatic N) is 1. The van der Waals surface area contributed by atoms with Gasteiger partial charge in [0.25, 0.3) is 5.91 Å². The van der Waals surface area contributed by atoms with Gasteiger partial charge in [0, 0.05) is 0 Å². The van der Waals surface area contributed by atoms with Gasteiger partial charge in [-0.2, -0.15) is 5.10 Å². The molecule has 1 amide bonds. The van der Waals surface area contributed by atoms with Crippen molar-refractivity contribution in [3.63, 3.8) is 0 Å². The van der Waals surface area contributed by atoms with E-state index in [9.17, 15) is 4.79 Å². The number of halogens is 1. The molecule has 0 aliphatic heterocycles. The number of carbonyl (C=O) groups excluding carboxylic acids is 1. The van der Waals surface area contributed by atoms with Crippen LogP contribution in [0.2, 0.25) is 0 Å². The fourth-order valence-corrected chi connectivity index (χ4v) is 3.37. The van der Waals surface area contributed by atoms with Gasteiger partial charge in [-0.25, -0.2) is 5.43 Å². The topological polar surface area (TPSA) is 69.2 Å². The summed E-state index contributed by atoms with van der Waals surface area (Å²) in [6.45, 7) is 2.50. The van der Waals surface area contributed by atoms with E-state index >= 15 is 0 Å². The van der Waals surface area contributed by atoms with Gasteiger partial charge in [-0.15, -0.1) is 0 Å². The molecule has 6 nitrogen and oxygen atoms in total. The van der Waals surface area contributed by atoms with Crippen LogP contribution in [0.25, 0.3) is 11.1 Å². The molecule has 0 bridgehead atoms. The molecule has 0 radical (unpaired) electrons. The number of hydrogen-bond acceptors (Lipinski definition) is 5. The molecule has 1 N–H and O–H groups in total. The predicted octanol–water partition coefficient (Wildman–Crippen LogP) is 5.44. The Hall–Kier alpha value is -3.32. The lowest BCUT2D eigenvalue weighted by atomic mass is 10.1. The average molecular weight is 497 g/mol. The number of methoxy groups -OCH3 is 1. The van der Waals surface area contributed by atoms with Crippen molar-refractivity contribution >= 4 is 28.1 Å². The van der Waals surface area contributed by atoms with Crippen molar-refractivity contribution in [2.45, 2.75) is 13.3 Å². The minimum absolute atomic E-state index is 0.159. The fraction of sp³-hybridized carbons (Fsp3) is 0.200. The molecule has 3 aromatic rings. The summed E-state index contributed by atoms with van der Waals surface area (Å²) >= 11 is 3.50. The van der Waals surface area contributed by atoms with Crippen molar-refractivity contribution in [3.8, 4) is 28.4 Å². The number of carbonyl (C=O) groups is 1. The second-order valence-corrected chi connectivity index (χ2v) is 7.71. The van der Waals surface area contributed by atoms with Crippen LogP contribution in [0.15, 0.2) is 76.3 Å². The summed E-state index contributed by atoms with van der Waals surface area (Å²) in [5, 5.41) is 3.98. The first-order valence-corrected chi connectivity index (χ1v) is 11.0. The summed E-state index contributed by atoms with van der Waals surface area (Å²) in [5.74, 6) is 1.50. The summed E-state index contributed by atoms with van der Waals surface area (Å²) in [6, 6.07) is 21.2. The first-order chi connectivity index (χ1) is 15.6. The van der Waals surface area contributed by atoms with Gasteiger partial charge < -0.3 is 14.2 Å². The van der Waals surface area contributed by atoms with Gasteiger partial charge in [0.05, 0.1) is 24.4 Å². The maximum absolute atomic E-state index is 12.1. The molecule has 0 aromatic heterocycles. The highest BCUT2D eigenvalue weighted by molar-refractivity contribution is 9.10. The van der Waals surface area contributed by atoms with Gasteiger partial charge in [-0.1, -0.05) is 43.3 Å². The van der Waals surface area contributed by atoms with Crippen LogP contribution < -0.4 is 19.6 Å². The molecule has 0 aliphatic carbocycles. The summed E-state index contributed by atoms with van der Waals surface area (Å²) < 4.78 is 17.4. The van der Waals surface area contributed by atoms with E-state index in [1.54, 1.807) is 13.2 Å². The average Bonchev–Trinajstić information content (AvgIpc) is 2.82. The van der Waals surface area contributed by atoms with E-state index in [1.165, 1.54) is 6.21 Å². The van der Waals surface area contributed by atoms with E-state index in [2.05, 4.69) is 26.5 Å². The third kappa shape index (κ3) is 6.59. The van der Waals surface area contributed by atoms with Crippen molar-refractivity contribution in [2.24, 2.45) is 5.10 Å². The third-order valence-corrected chi connectivity index (χ3v) is 5.07. The molecule has 32 heavy (non-hydrogen) atoms. The SMILES string of the molecule is CCCOc1ccc(/C=N/NC(=O)COc2ccc(-c3ccccc3)cc2Br)cc1OC. The minimum Gasteiger partial charge on any atom is -0.493 e. The quantitative estimate of drug-likeness (QED) is 0.299. The Morgan fingerprint density at radius 1 is 0.969 bits per heavy atom. The summed E-state index contributed by atoms with van der Waals surface area (Å²) in [4.78, 5) is 12.1. The number of rotatable bonds is 10. The molecule has 0 atom stereocenters. The van der Waals surface area contributed by atoms with Crippen LogP contribution in [0.4, 0.5) is 0 Å². The number of ether oxygens (including phenoxy) is 3. The first-order valence-electron chi connectivity index (χ1n) is 10.2. The van der Waals surface area contributed by atoms with Crippen LogP contribution in [-0.4, -0.2) is 32.4 Å². The van der Waals surface area contributed by atoms with E-state index in [4.69, 9.17) is 14.2 Å². The number of amides is 1. The zero-order valence-corrected chi connectivity index (χ0v) is 19.6. The maximum atomic E-state index is 12.1. The van der Waals surface area contributed by atoms with Crippen LogP contribution >= 0.6 is 15.9 Å². The Balaban J connectivity index is 1.52. The summed E-state index contributed by atoms with van der Waals surface area (Å²) in [7, 11) is 1.58. The highest BCUT2D eigenvalue weighted by atomic mass is 79.9. The molecular formula is C25H25BrN2O4. The number of hydrogen-bond donors (Lipinski definition) is 1. The zero-order chi connectivity index (χ0) is 22.8. The zero-order valence-electron chi connectivity index (χ0n) is 18.0. The monoisotopic (exact) mass is 496 g/mol. The van der Waals surface area contributed by atoms with Crippen LogP contribution in [0, 0.1) is 0 Å². The van der Waals surface area contributed by atoms with Crippen LogP contribution in [0.5, 0.6) is 17.2 Å². The lowest BCUT2D eigenvalue weighted by Gasteiger charge is -2.10. The van der Waals surface area contributed by atoms with Crippen molar-refractivity contribution in [1.29, 1.82) is 0 Å². The van der Waals surface area contributed by atoms with Crippen LogP contribution in [0.3, 0.4) is 0 Å². The Kier molecular flexibility index (Phi) is 8.69. The minimum atomic E-state index is -0.366. The second kappa shape index (κ2) is 11.9. The Morgan fingerprint density at radius 3 is 2.47 bits per heavy atom. The smallest absolute Gasteiger partial charge is 0.277 e. The molecule has 0 unspecified atom stereocenters. The van der Waals surface area contributed by atoms with E-state index < -0.39 is 0 Å². The summed E-state index contributed by atoms with van der Waals surface area (Å²) in [5.41, 5.74) is 5.39. The second-order valence-electron chi connectivity index (χ2n) is 6.85. The number of hydrazone groups is 1. The molecule has 3 rings (SSSR count). The first kappa shape index (κ1) is 23.3. The van der Waals surface area contributed by atoms with Crippen LogP contribution in [0.1, 0.15) is 18.9 Å². The van der Waals surface area contributed by atoms with Gasteiger partial charge in [0.15, 0.2) is 18.1 Å². The Bertz CT molecular complexity index is 1070. The normalized spacial score (nSPS) is 10.7. The largest absolute Gasteiger partial charge is 0.493 e. The molecule has 3 aromatic carbocycles. The van der Waals surface area contributed by atoms with E-state index in [1.807, 2.05) is 67.6 Å². The lowest BCUT2D eigenvalue weighted by Crippen LogP contribution is -2.24. The van der Waals surface area contributed by atoms with Gasteiger partial charge in [-0.05, 0) is 69.4 Å². The van der Waals surface area contributed by atoms with Crippen molar-refractivity contribution in [3.05, 3.63) is 76.8 Å². The van der Waals surface area contributed by atoms with E-state index in [0.717, 1.165) is 27.6 Å². The van der Waals surface area contributed by atoms with Gasteiger partial charge in [0.1, 0.15) is 5.75 Å². The molecular weight excluding hydrogens is 472 g/mol. The van der Waals surface area contributed by atoms with Gasteiger partial charge >= 0.3 is 0 Å².